The second-order valence-electron chi connectivity index (χ2n) is 7.05. The van der Waals surface area contributed by atoms with Gasteiger partial charge in [-0.05, 0) is 37.5 Å². The van der Waals surface area contributed by atoms with Gasteiger partial charge in [0, 0.05) is 45.0 Å². The third kappa shape index (κ3) is 6.44. The average molecular weight is 434 g/mol. The molecule has 1 aromatic carbocycles. The second-order valence-corrected chi connectivity index (χ2v) is 7.05. The molecule has 31 heavy (non-hydrogen) atoms. The molecule has 0 bridgehead atoms. The summed E-state index contributed by atoms with van der Waals surface area (Å²) in [6.45, 7) is 2.10. The van der Waals surface area contributed by atoms with Crippen LogP contribution < -0.4 is 25.0 Å². The summed E-state index contributed by atoms with van der Waals surface area (Å²) in [5.41, 5.74) is 1.57. The average Bonchev–Trinajstić information content (AvgIpc) is 3.31. The van der Waals surface area contributed by atoms with Gasteiger partial charge >= 0.3 is 6.61 Å². The van der Waals surface area contributed by atoms with Crippen LogP contribution in [-0.4, -0.2) is 44.3 Å². The van der Waals surface area contributed by atoms with Gasteiger partial charge in [-0.25, -0.2) is 4.98 Å². The van der Waals surface area contributed by atoms with Crippen molar-refractivity contribution in [2.24, 2.45) is 4.99 Å². The number of anilines is 1. The van der Waals surface area contributed by atoms with Gasteiger partial charge in [-0.3, -0.25) is 4.99 Å². The van der Waals surface area contributed by atoms with Gasteiger partial charge in [0.05, 0.1) is 6.61 Å². The molecule has 1 aliphatic rings. The van der Waals surface area contributed by atoms with Crippen molar-refractivity contribution in [2.45, 2.75) is 39.5 Å². The Morgan fingerprint density at radius 1 is 1.16 bits per heavy atom. The fraction of sp³-hybridized carbons (Fsp3) is 0.455. The van der Waals surface area contributed by atoms with Gasteiger partial charge in [-0.15, -0.1) is 0 Å². The van der Waals surface area contributed by atoms with Gasteiger partial charge in [0.25, 0.3) is 0 Å². The zero-order chi connectivity index (χ0) is 22.1. The predicted molar refractivity (Wildman–Crippen MR) is 117 cm³/mol. The highest BCUT2D eigenvalue weighted by atomic mass is 19.3. The van der Waals surface area contributed by atoms with Crippen molar-refractivity contribution < 1.29 is 18.3 Å². The maximum absolute atomic E-state index is 12.9. The molecule has 7 nitrogen and oxygen atoms in total. The first-order chi connectivity index (χ1) is 15.1. The summed E-state index contributed by atoms with van der Waals surface area (Å²) < 4.78 is 35.9. The summed E-state index contributed by atoms with van der Waals surface area (Å²) in [6, 6.07) is 9.13. The number of hydrogen-bond donors (Lipinski definition) is 2. The lowest BCUT2D eigenvalue weighted by Gasteiger charge is -2.18. The summed E-state index contributed by atoms with van der Waals surface area (Å²) in [7, 11) is 1.65. The first-order valence-corrected chi connectivity index (χ1v) is 10.4. The van der Waals surface area contributed by atoms with E-state index in [1.54, 1.807) is 32.2 Å². The SMILES string of the molecule is CCOc1cccc(CNC(=NC)NCc2ccc(N3CCCC3)nc2)c1OC(F)F. The van der Waals surface area contributed by atoms with E-state index in [1.165, 1.54) is 12.8 Å². The van der Waals surface area contributed by atoms with Gasteiger partial charge in [0.15, 0.2) is 17.5 Å². The van der Waals surface area contributed by atoms with Crippen LogP contribution in [0.1, 0.15) is 30.9 Å². The first-order valence-electron chi connectivity index (χ1n) is 10.4. The number of pyridine rings is 1. The Hall–Kier alpha value is -3.10. The second kappa shape index (κ2) is 11.3. The number of benzene rings is 1. The Labute approximate surface area is 181 Å². The van der Waals surface area contributed by atoms with E-state index in [0.717, 1.165) is 24.5 Å². The Bertz CT molecular complexity index is 855. The predicted octanol–water partition coefficient (Wildman–Crippen LogP) is 3.55. The van der Waals surface area contributed by atoms with Gasteiger partial charge < -0.3 is 25.0 Å². The van der Waals surface area contributed by atoms with E-state index < -0.39 is 6.61 Å². The van der Waals surface area contributed by atoms with Crippen molar-refractivity contribution in [3.05, 3.63) is 47.7 Å². The van der Waals surface area contributed by atoms with Crippen LogP contribution in [0.2, 0.25) is 0 Å². The number of hydrogen-bond acceptors (Lipinski definition) is 5. The van der Waals surface area contributed by atoms with E-state index in [0.29, 0.717) is 24.7 Å². The van der Waals surface area contributed by atoms with E-state index in [9.17, 15) is 8.78 Å². The molecule has 0 unspecified atom stereocenters. The molecule has 1 aromatic heterocycles. The van der Waals surface area contributed by atoms with Gasteiger partial charge in [0.1, 0.15) is 5.82 Å². The Morgan fingerprint density at radius 2 is 1.94 bits per heavy atom. The number of guanidine groups is 1. The van der Waals surface area contributed by atoms with Crippen molar-refractivity contribution in [1.82, 2.24) is 15.6 Å². The fourth-order valence-electron chi connectivity index (χ4n) is 3.43. The molecule has 0 spiro atoms. The standard InChI is InChI=1S/C22H29F2N5O2/c1-3-30-18-8-6-7-17(20(18)31-21(23)24)15-28-22(25-2)27-14-16-9-10-19(26-13-16)29-11-4-5-12-29/h6-10,13,21H,3-5,11-12,14-15H2,1-2H3,(H2,25,27,28). The van der Waals surface area contributed by atoms with Crippen LogP contribution in [0.25, 0.3) is 0 Å². The van der Waals surface area contributed by atoms with Crippen molar-refractivity contribution in [3.63, 3.8) is 0 Å². The van der Waals surface area contributed by atoms with Crippen LogP contribution >= 0.6 is 0 Å². The van der Waals surface area contributed by atoms with Gasteiger partial charge in [-0.2, -0.15) is 8.78 Å². The fourth-order valence-corrected chi connectivity index (χ4v) is 3.43. The van der Waals surface area contributed by atoms with Crippen molar-refractivity contribution in [3.8, 4) is 11.5 Å². The van der Waals surface area contributed by atoms with Gasteiger partial charge in [0.2, 0.25) is 0 Å². The third-order valence-electron chi connectivity index (χ3n) is 4.94. The number of aliphatic imine (C=N–C) groups is 1. The topological polar surface area (TPSA) is 71.0 Å². The van der Waals surface area contributed by atoms with Crippen LogP contribution in [0.4, 0.5) is 14.6 Å². The van der Waals surface area contributed by atoms with Crippen LogP contribution in [0.3, 0.4) is 0 Å². The largest absolute Gasteiger partial charge is 0.490 e. The smallest absolute Gasteiger partial charge is 0.387 e. The lowest BCUT2D eigenvalue weighted by molar-refractivity contribution is -0.0520. The number of nitrogens with zero attached hydrogens (tertiary/aromatic N) is 3. The minimum atomic E-state index is -2.94. The Morgan fingerprint density at radius 3 is 2.58 bits per heavy atom. The zero-order valence-electron chi connectivity index (χ0n) is 17.9. The molecule has 0 aliphatic carbocycles. The number of rotatable bonds is 9. The summed E-state index contributed by atoms with van der Waals surface area (Å²) >= 11 is 0. The highest BCUT2D eigenvalue weighted by Gasteiger charge is 2.16. The lowest BCUT2D eigenvalue weighted by atomic mass is 10.2. The molecule has 0 atom stereocenters. The summed E-state index contributed by atoms with van der Waals surface area (Å²) in [4.78, 5) is 11.0. The lowest BCUT2D eigenvalue weighted by Crippen LogP contribution is -2.36. The van der Waals surface area contributed by atoms with Crippen molar-refractivity contribution >= 4 is 11.8 Å². The molecule has 0 amide bonds. The summed E-state index contributed by atoms with van der Waals surface area (Å²) in [5, 5.41) is 6.33. The Balaban J connectivity index is 1.57. The molecule has 3 rings (SSSR count). The summed E-state index contributed by atoms with van der Waals surface area (Å²) in [6.07, 6.45) is 4.28. The van der Waals surface area contributed by atoms with Crippen LogP contribution in [0.15, 0.2) is 41.5 Å². The van der Waals surface area contributed by atoms with Crippen LogP contribution in [0.5, 0.6) is 11.5 Å². The minimum Gasteiger partial charge on any atom is -0.490 e. The molecular formula is C22H29F2N5O2. The van der Waals surface area contributed by atoms with E-state index in [-0.39, 0.29) is 18.0 Å². The molecular weight excluding hydrogens is 404 g/mol. The number of alkyl halides is 2. The molecule has 2 N–H and O–H groups in total. The molecule has 1 fully saturated rings. The van der Waals surface area contributed by atoms with E-state index in [1.807, 2.05) is 18.3 Å². The molecule has 1 saturated heterocycles. The highest BCUT2D eigenvalue weighted by molar-refractivity contribution is 5.79. The minimum absolute atomic E-state index is 0.0315. The van der Waals surface area contributed by atoms with Gasteiger partial charge in [-0.1, -0.05) is 18.2 Å². The maximum Gasteiger partial charge on any atom is 0.387 e. The third-order valence-corrected chi connectivity index (χ3v) is 4.94. The van der Waals surface area contributed by atoms with Crippen molar-refractivity contribution in [1.29, 1.82) is 0 Å². The van der Waals surface area contributed by atoms with E-state index in [4.69, 9.17) is 9.47 Å². The monoisotopic (exact) mass is 433 g/mol. The molecule has 168 valence electrons. The number of halogens is 2. The Kier molecular flexibility index (Phi) is 8.26. The summed E-state index contributed by atoms with van der Waals surface area (Å²) in [5.74, 6) is 1.86. The number of aromatic nitrogens is 1. The number of nitrogens with one attached hydrogen (secondary N) is 2. The van der Waals surface area contributed by atoms with Crippen LogP contribution in [-0.2, 0) is 13.1 Å². The first kappa shape index (κ1) is 22.6. The quantitative estimate of drug-likeness (QED) is 0.466. The van der Waals surface area contributed by atoms with Crippen LogP contribution in [0, 0.1) is 0 Å². The van der Waals surface area contributed by atoms with E-state index in [2.05, 4.69) is 25.5 Å². The molecule has 0 radical (unpaired) electrons. The van der Waals surface area contributed by atoms with Crippen molar-refractivity contribution in [2.75, 3.05) is 31.6 Å². The van der Waals surface area contributed by atoms with E-state index >= 15 is 0 Å². The zero-order valence-corrected chi connectivity index (χ0v) is 17.9. The normalized spacial score (nSPS) is 14.1. The number of ether oxygens (including phenoxy) is 2. The molecule has 2 heterocycles. The molecule has 1 aliphatic heterocycles. The molecule has 2 aromatic rings. The maximum atomic E-state index is 12.9. The molecule has 0 saturated carbocycles. The molecule has 9 heteroatoms. The number of para-hydroxylation sites is 1. The highest BCUT2D eigenvalue weighted by Crippen LogP contribution is 2.32.